The fraction of sp³-hybridized carbons (Fsp3) is 0.226. The molecule has 0 atom stereocenters. The molecule has 188 valence electrons. The van der Waals surface area contributed by atoms with Gasteiger partial charge in [0.2, 0.25) is 5.89 Å². The van der Waals surface area contributed by atoms with Gasteiger partial charge in [0.05, 0.1) is 18.4 Å². The van der Waals surface area contributed by atoms with Gasteiger partial charge in [-0.05, 0) is 48.9 Å². The van der Waals surface area contributed by atoms with Crippen LogP contribution in [0, 0.1) is 0 Å². The van der Waals surface area contributed by atoms with Gasteiger partial charge < -0.3 is 14.1 Å². The number of oxazole rings is 1. The average molecular weight is 494 g/mol. The Morgan fingerprint density at radius 2 is 1.68 bits per heavy atom. The summed E-state index contributed by atoms with van der Waals surface area (Å²) in [5, 5.41) is 0. The van der Waals surface area contributed by atoms with E-state index in [1.807, 2.05) is 78.6 Å². The number of carbonyl (C=O) groups excluding carboxylic acids is 1. The van der Waals surface area contributed by atoms with Crippen LogP contribution in [0.3, 0.4) is 0 Å². The van der Waals surface area contributed by atoms with E-state index < -0.39 is 0 Å². The number of nitrogens with zero attached hydrogens (tertiary/aromatic N) is 3. The number of aromatic nitrogens is 1. The first-order chi connectivity index (χ1) is 18.2. The molecule has 5 rings (SSSR count). The normalized spacial score (nSPS) is 14.2. The second kappa shape index (κ2) is 11.7. The molecule has 1 aromatic heterocycles. The molecule has 1 aliphatic rings. The number of rotatable bonds is 8. The smallest absolute Gasteiger partial charge is 0.254 e. The van der Waals surface area contributed by atoms with Gasteiger partial charge in [0.25, 0.3) is 5.91 Å². The summed E-state index contributed by atoms with van der Waals surface area (Å²) in [7, 11) is 0. The molecule has 2 heterocycles. The molecule has 0 N–H and O–H groups in total. The second-order valence-electron chi connectivity index (χ2n) is 8.94. The second-order valence-corrected chi connectivity index (χ2v) is 8.94. The first-order valence-electron chi connectivity index (χ1n) is 12.7. The van der Waals surface area contributed by atoms with Crippen molar-refractivity contribution in [2.45, 2.75) is 6.92 Å². The molecule has 4 aromatic rings. The van der Waals surface area contributed by atoms with Gasteiger partial charge in [-0.15, -0.1) is 0 Å². The van der Waals surface area contributed by atoms with Gasteiger partial charge in [0.15, 0.2) is 5.76 Å². The Labute approximate surface area is 217 Å². The molecule has 0 spiro atoms. The van der Waals surface area contributed by atoms with Gasteiger partial charge in [-0.1, -0.05) is 54.6 Å². The van der Waals surface area contributed by atoms with Gasteiger partial charge in [-0.3, -0.25) is 9.69 Å². The predicted molar refractivity (Wildman–Crippen MR) is 146 cm³/mol. The number of hydrogen-bond acceptors (Lipinski definition) is 5. The molecule has 6 nitrogen and oxygen atoms in total. The van der Waals surface area contributed by atoms with E-state index in [0.717, 1.165) is 30.9 Å². The lowest BCUT2D eigenvalue weighted by Gasteiger charge is -2.34. The highest BCUT2D eigenvalue weighted by atomic mass is 16.5. The molecule has 0 unspecified atom stereocenters. The molecule has 1 saturated heterocycles. The number of hydrogen-bond donors (Lipinski definition) is 0. The number of amides is 1. The van der Waals surface area contributed by atoms with Crippen LogP contribution in [0.25, 0.3) is 28.9 Å². The van der Waals surface area contributed by atoms with E-state index in [-0.39, 0.29) is 5.91 Å². The average Bonchev–Trinajstić information content (AvgIpc) is 3.45. The van der Waals surface area contributed by atoms with Crippen molar-refractivity contribution in [3.8, 4) is 28.5 Å². The Bertz CT molecular complexity index is 1340. The quantitative estimate of drug-likeness (QED) is 0.307. The lowest BCUT2D eigenvalue weighted by Crippen LogP contribution is -2.48. The largest absolute Gasteiger partial charge is 0.494 e. The molecule has 0 radical (unpaired) electrons. The molecule has 6 heteroatoms. The minimum Gasteiger partial charge on any atom is -0.494 e. The van der Waals surface area contributed by atoms with Crippen LogP contribution in [0.15, 0.2) is 95.6 Å². The highest BCUT2D eigenvalue weighted by Gasteiger charge is 2.25. The SMILES string of the molecule is CCOc1ccc(-c2cnc(-c3ccccc3C(=O)N3CCN(C/C=C/c4ccccc4)CC3)o2)cc1. The van der Waals surface area contributed by atoms with Gasteiger partial charge in [-0.25, -0.2) is 4.98 Å². The Kier molecular flexibility index (Phi) is 7.77. The molecular formula is C31H31N3O3. The summed E-state index contributed by atoms with van der Waals surface area (Å²) in [6.07, 6.45) is 6.03. The van der Waals surface area contributed by atoms with E-state index in [1.54, 1.807) is 6.20 Å². The van der Waals surface area contributed by atoms with Crippen LogP contribution in [0.1, 0.15) is 22.8 Å². The maximum absolute atomic E-state index is 13.5. The van der Waals surface area contributed by atoms with E-state index >= 15 is 0 Å². The highest BCUT2D eigenvalue weighted by Crippen LogP contribution is 2.30. The molecular weight excluding hydrogens is 462 g/mol. The third-order valence-corrected chi connectivity index (χ3v) is 6.48. The number of piperazine rings is 1. The van der Waals surface area contributed by atoms with Crippen molar-refractivity contribution in [2.24, 2.45) is 0 Å². The lowest BCUT2D eigenvalue weighted by atomic mass is 10.1. The topological polar surface area (TPSA) is 58.8 Å². The molecule has 0 aliphatic carbocycles. The van der Waals surface area contributed by atoms with Crippen LogP contribution in [0.5, 0.6) is 5.75 Å². The van der Waals surface area contributed by atoms with Gasteiger partial charge >= 0.3 is 0 Å². The monoisotopic (exact) mass is 493 g/mol. The molecule has 3 aromatic carbocycles. The minimum absolute atomic E-state index is 0.0101. The van der Waals surface area contributed by atoms with Gasteiger partial charge in [0.1, 0.15) is 5.75 Å². The van der Waals surface area contributed by atoms with E-state index in [2.05, 4.69) is 34.2 Å². The zero-order valence-corrected chi connectivity index (χ0v) is 21.0. The fourth-order valence-electron chi connectivity index (χ4n) is 4.48. The third kappa shape index (κ3) is 5.98. The molecule has 1 fully saturated rings. The standard InChI is InChI=1S/C31H31N3O3/c1-2-36-26-16-14-25(15-17-26)29-23-32-30(37-29)27-12-6-7-13-28(27)31(35)34-21-19-33(20-22-34)18-8-11-24-9-4-3-5-10-24/h3-17,23H,2,18-22H2,1H3/b11-8+. The van der Waals surface area contributed by atoms with Gasteiger partial charge in [0, 0.05) is 43.9 Å². The Morgan fingerprint density at radius 3 is 2.43 bits per heavy atom. The minimum atomic E-state index is 0.0101. The molecule has 0 bridgehead atoms. The maximum Gasteiger partial charge on any atom is 0.254 e. The summed E-state index contributed by atoms with van der Waals surface area (Å²) in [5.41, 5.74) is 3.42. The zero-order chi connectivity index (χ0) is 25.5. The Morgan fingerprint density at radius 1 is 0.946 bits per heavy atom. The van der Waals surface area contributed by atoms with Crippen molar-refractivity contribution in [1.29, 1.82) is 0 Å². The molecule has 1 aliphatic heterocycles. The van der Waals surface area contributed by atoms with Crippen molar-refractivity contribution < 1.29 is 13.9 Å². The summed E-state index contributed by atoms with van der Waals surface area (Å²) in [5.74, 6) is 1.92. The van der Waals surface area contributed by atoms with Crippen molar-refractivity contribution >= 4 is 12.0 Å². The van der Waals surface area contributed by atoms with Gasteiger partial charge in [-0.2, -0.15) is 0 Å². The summed E-state index contributed by atoms with van der Waals surface area (Å²) in [6.45, 7) is 6.52. The van der Waals surface area contributed by atoms with Crippen molar-refractivity contribution in [3.05, 3.63) is 102 Å². The summed E-state index contributed by atoms with van der Waals surface area (Å²) in [6, 6.07) is 25.6. The lowest BCUT2D eigenvalue weighted by molar-refractivity contribution is 0.0651. The fourth-order valence-corrected chi connectivity index (χ4v) is 4.48. The number of benzene rings is 3. The zero-order valence-electron chi connectivity index (χ0n) is 21.0. The third-order valence-electron chi connectivity index (χ3n) is 6.48. The van der Waals surface area contributed by atoms with E-state index in [0.29, 0.717) is 42.5 Å². The molecule has 0 saturated carbocycles. The number of ether oxygens (including phenoxy) is 1. The molecule has 1 amide bonds. The van der Waals surface area contributed by atoms with Crippen LogP contribution in [-0.4, -0.2) is 60.0 Å². The molecule has 37 heavy (non-hydrogen) atoms. The predicted octanol–water partition coefficient (Wildman–Crippen LogP) is 5.88. The van der Waals surface area contributed by atoms with E-state index in [1.165, 1.54) is 5.56 Å². The highest BCUT2D eigenvalue weighted by molar-refractivity contribution is 6.00. The summed E-state index contributed by atoms with van der Waals surface area (Å²) in [4.78, 5) is 22.3. The van der Waals surface area contributed by atoms with Crippen molar-refractivity contribution in [2.75, 3.05) is 39.3 Å². The summed E-state index contributed by atoms with van der Waals surface area (Å²) < 4.78 is 11.6. The Hall–Kier alpha value is -4.16. The van der Waals surface area contributed by atoms with Crippen LogP contribution in [0.2, 0.25) is 0 Å². The van der Waals surface area contributed by atoms with Crippen LogP contribution < -0.4 is 4.74 Å². The Balaban J connectivity index is 1.23. The van der Waals surface area contributed by atoms with Crippen molar-refractivity contribution in [3.63, 3.8) is 0 Å². The van der Waals surface area contributed by atoms with Crippen LogP contribution in [-0.2, 0) is 0 Å². The van der Waals surface area contributed by atoms with Crippen LogP contribution in [0.4, 0.5) is 0 Å². The van der Waals surface area contributed by atoms with Crippen molar-refractivity contribution in [1.82, 2.24) is 14.8 Å². The first kappa shape index (κ1) is 24.5. The first-order valence-corrected chi connectivity index (χ1v) is 12.7. The van der Waals surface area contributed by atoms with Crippen LogP contribution >= 0.6 is 0 Å². The van der Waals surface area contributed by atoms with E-state index in [9.17, 15) is 4.79 Å². The van der Waals surface area contributed by atoms with E-state index in [4.69, 9.17) is 9.15 Å². The number of carbonyl (C=O) groups is 1. The summed E-state index contributed by atoms with van der Waals surface area (Å²) >= 11 is 0. The maximum atomic E-state index is 13.5.